The molecule has 3 nitrogen and oxygen atoms in total. The van der Waals surface area contributed by atoms with Crippen molar-refractivity contribution in [3.05, 3.63) is 74.9 Å². The molecule has 0 radical (unpaired) electrons. The summed E-state index contributed by atoms with van der Waals surface area (Å²) in [5.41, 5.74) is 1.75. The van der Waals surface area contributed by atoms with E-state index < -0.39 is 11.9 Å². The predicted molar refractivity (Wildman–Crippen MR) is 97.8 cm³/mol. The fraction of sp³-hybridized carbons (Fsp3) is 0.158. The van der Waals surface area contributed by atoms with E-state index in [-0.39, 0.29) is 12.2 Å². The molecule has 0 aliphatic rings. The lowest BCUT2D eigenvalue weighted by Crippen LogP contribution is -2.08. The Bertz CT molecular complexity index is 925. The minimum absolute atomic E-state index is 0.107. The molecule has 3 aromatic rings. The summed E-state index contributed by atoms with van der Waals surface area (Å²) in [5, 5.41) is 10.4. The van der Waals surface area contributed by atoms with Gasteiger partial charge in [0, 0.05) is 27.6 Å². The molecule has 3 rings (SSSR count). The molecular formula is C19H15ClFNO2S. The molecule has 1 unspecified atom stereocenters. The summed E-state index contributed by atoms with van der Waals surface area (Å²) in [6.07, 6.45) is 1.61. The Labute approximate surface area is 153 Å². The number of rotatable bonds is 5. The number of thiazole rings is 1. The minimum Gasteiger partial charge on any atom is -0.481 e. The van der Waals surface area contributed by atoms with Crippen molar-refractivity contribution in [1.82, 2.24) is 4.98 Å². The van der Waals surface area contributed by atoms with Gasteiger partial charge in [-0.25, -0.2) is 9.37 Å². The van der Waals surface area contributed by atoms with E-state index in [9.17, 15) is 14.3 Å². The lowest BCUT2D eigenvalue weighted by Gasteiger charge is -2.15. The van der Waals surface area contributed by atoms with Crippen molar-refractivity contribution in [2.24, 2.45) is 0 Å². The van der Waals surface area contributed by atoms with Crippen molar-refractivity contribution >= 4 is 28.9 Å². The highest BCUT2D eigenvalue weighted by Crippen LogP contribution is 2.35. The number of benzene rings is 2. The molecule has 1 heterocycles. The van der Waals surface area contributed by atoms with Gasteiger partial charge in [-0.15, -0.1) is 11.3 Å². The van der Waals surface area contributed by atoms with Gasteiger partial charge >= 0.3 is 5.97 Å². The molecule has 2 aromatic carbocycles. The molecule has 0 bridgehead atoms. The summed E-state index contributed by atoms with van der Waals surface area (Å²) in [7, 11) is 0. The molecular weight excluding hydrogens is 361 g/mol. The summed E-state index contributed by atoms with van der Waals surface area (Å²) in [6, 6.07) is 11.6. The second-order valence-corrected chi connectivity index (χ2v) is 7.42. The second-order valence-electron chi connectivity index (χ2n) is 5.71. The van der Waals surface area contributed by atoms with E-state index in [0.717, 1.165) is 4.88 Å². The van der Waals surface area contributed by atoms with Gasteiger partial charge < -0.3 is 5.11 Å². The molecule has 128 valence electrons. The summed E-state index contributed by atoms with van der Waals surface area (Å²) < 4.78 is 14.1. The Morgan fingerprint density at radius 3 is 2.72 bits per heavy atom. The number of aromatic nitrogens is 1. The lowest BCUT2D eigenvalue weighted by atomic mass is 9.93. The van der Waals surface area contributed by atoms with Crippen LogP contribution in [-0.2, 0) is 4.79 Å². The second kappa shape index (κ2) is 7.33. The maximum Gasteiger partial charge on any atom is 0.304 e. The van der Waals surface area contributed by atoms with E-state index in [1.807, 2.05) is 6.92 Å². The van der Waals surface area contributed by atoms with E-state index in [1.54, 1.807) is 42.6 Å². The number of hydrogen-bond donors (Lipinski definition) is 1. The molecule has 6 heteroatoms. The van der Waals surface area contributed by atoms with Gasteiger partial charge in [0.2, 0.25) is 0 Å². The molecule has 0 spiro atoms. The van der Waals surface area contributed by atoms with Gasteiger partial charge in [-0.05, 0) is 36.2 Å². The van der Waals surface area contributed by atoms with Crippen LogP contribution in [0.3, 0.4) is 0 Å². The largest absolute Gasteiger partial charge is 0.481 e. The maximum atomic E-state index is 14.1. The highest BCUT2D eigenvalue weighted by atomic mass is 35.5. The van der Waals surface area contributed by atoms with Crippen molar-refractivity contribution in [2.45, 2.75) is 19.3 Å². The number of aliphatic carboxylic acids is 1. The highest BCUT2D eigenvalue weighted by Gasteiger charge is 2.22. The SMILES string of the molecule is Cc1cnc(C(CC(=O)O)c2cc(Cl)cc(-c3ccccc3F)c2)s1. The average molecular weight is 376 g/mol. The van der Waals surface area contributed by atoms with E-state index in [4.69, 9.17) is 11.6 Å². The minimum atomic E-state index is -0.926. The summed E-state index contributed by atoms with van der Waals surface area (Å²) in [6.45, 7) is 1.92. The Kier molecular flexibility index (Phi) is 5.16. The lowest BCUT2D eigenvalue weighted by molar-refractivity contribution is -0.137. The third-order valence-electron chi connectivity index (χ3n) is 3.82. The maximum absolute atomic E-state index is 14.1. The van der Waals surface area contributed by atoms with Crippen LogP contribution >= 0.6 is 22.9 Å². The van der Waals surface area contributed by atoms with E-state index in [1.165, 1.54) is 17.4 Å². The Morgan fingerprint density at radius 1 is 1.32 bits per heavy atom. The van der Waals surface area contributed by atoms with Crippen LogP contribution in [0.15, 0.2) is 48.7 Å². The molecule has 1 aromatic heterocycles. The fourth-order valence-corrected chi connectivity index (χ4v) is 3.87. The van der Waals surface area contributed by atoms with Crippen LogP contribution in [0.1, 0.15) is 27.8 Å². The zero-order chi connectivity index (χ0) is 18.0. The quantitative estimate of drug-likeness (QED) is 0.639. The molecule has 0 saturated heterocycles. The molecule has 25 heavy (non-hydrogen) atoms. The number of nitrogens with zero attached hydrogens (tertiary/aromatic N) is 1. The molecule has 0 saturated carbocycles. The molecule has 0 aliphatic heterocycles. The Balaban J connectivity index is 2.10. The third-order valence-corrected chi connectivity index (χ3v) is 5.07. The van der Waals surface area contributed by atoms with Crippen LogP contribution in [0.2, 0.25) is 5.02 Å². The molecule has 1 N–H and O–H groups in total. The average Bonchev–Trinajstić information content (AvgIpc) is 2.98. The Morgan fingerprint density at radius 2 is 2.08 bits per heavy atom. The number of carboxylic acid groups (broad SMARTS) is 1. The van der Waals surface area contributed by atoms with E-state index in [0.29, 0.717) is 26.7 Å². The zero-order valence-electron chi connectivity index (χ0n) is 13.4. The summed E-state index contributed by atoms with van der Waals surface area (Å²) in [5.74, 6) is -1.71. The summed E-state index contributed by atoms with van der Waals surface area (Å²) >= 11 is 7.69. The van der Waals surface area contributed by atoms with Crippen LogP contribution < -0.4 is 0 Å². The first-order valence-corrected chi connectivity index (χ1v) is 8.83. The van der Waals surface area contributed by atoms with Crippen molar-refractivity contribution < 1.29 is 14.3 Å². The van der Waals surface area contributed by atoms with Gasteiger partial charge in [-0.2, -0.15) is 0 Å². The predicted octanol–water partition coefficient (Wildman–Crippen LogP) is 5.52. The molecule has 1 atom stereocenters. The van der Waals surface area contributed by atoms with Crippen molar-refractivity contribution in [2.75, 3.05) is 0 Å². The van der Waals surface area contributed by atoms with Gasteiger partial charge in [0.1, 0.15) is 10.8 Å². The van der Waals surface area contributed by atoms with Crippen molar-refractivity contribution in [1.29, 1.82) is 0 Å². The first-order valence-electron chi connectivity index (χ1n) is 7.63. The van der Waals surface area contributed by atoms with Crippen molar-refractivity contribution in [3.8, 4) is 11.1 Å². The number of carbonyl (C=O) groups is 1. The zero-order valence-corrected chi connectivity index (χ0v) is 14.9. The van der Waals surface area contributed by atoms with Crippen LogP contribution in [0.4, 0.5) is 4.39 Å². The highest BCUT2D eigenvalue weighted by molar-refractivity contribution is 7.11. The number of hydrogen-bond acceptors (Lipinski definition) is 3. The number of carboxylic acids is 1. The van der Waals surface area contributed by atoms with E-state index >= 15 is 0 Å². The monoisotopic (exact) mass is 375 g/mol. The van der Waals surface area contributed by atoms with Crippen LogP contribution in [0.25, 0.3) is 11.1 Å². The van der Waals surface area contributed by atoms with Gasteiger partial charge in [0.15, 0.2) is 0 Å². The Hall–Kier alpha value is -2.24. The fourth-order valence-electron chi connectivity index (χ4n) is 2.72. The number of halogens is 2. The van der Waals surface area contributed by atoms with Crippen LogP contribution in [0.5, 0.6) is 0 Å². The number of aryl methyl sites for hydroxylation is 1. The third kappa shape index (κ3) is 4.06. The molecule has 0 aliphatic carbocycles. The van der Waals surface area contributed by atoms with Crippen LogP contribution in [0, 0.1) is 12.7 Å². The van der Waals surface area contributed by atoms with E-state index in [2.05, 4.69) is 4.98 Å². The van der Waals surface area contributed by atoms with Gasteiger partial charge in [-0.1, -0.05) is 35.9 Å². The first-order chi connectivity index (χ1) is 11.9. The molecule has 0 fully saturated rings. The topological polar surface area (TPSA) is 50.2 Å². The molecule has 0 amide bonds. The van der Waals surface area contributed by atoms with Gasteiger partial charge in [-0.3, -0.25) is 4.79 Å². The summed E-state index contributed by atoms with van der Waals surface area (Å²) in [4.78, 5) is 16.7. The van der Waals surface area contributed by atoms with Crippen molar-refractivity contribution in [3.63, 3.8) is 0 Å². The smallest absolute Gasteiger partial charge is 0.304 e. The first kappa shape index (κ1) is 17.6. The standard InChI is InChI=1S/C19H15ClFNO2S/c1-11-10-22-19(25-11)16(9-18(23)24)13-6-12(7-14(20)8-13)15-4-2-3-5-17(15)21/h2-8,10,16H,9H2,1H3,(H,23,24). The van der Waals surface area contributed by atoms with Crippen LogP contribution in [-0.4, -0.2) is 16.1 Å². The van der Waals surface area contributed by atoms with Gasteiger partial charge in [0.25, 0.3) is 0 Å². The normalized spacial score (nSPS) is 12.1. The van der Waals surface area contributed by atoms with Gasteiger partial charge in [0.05, 0.1) is 6.42 Å².